The summed E-state index contributed by atoms with van der Waals surface area (Å²) in [6.07, 6.45) is 0.858. The number of thioether (sulfide) groups is 1. The summed E-state index contributed by atoms with van der Waals surface area (Å²) in [5.74, 6) is 0.680. The van der Waals surface area contributed by atoms with Gasteiger partial charge in [-0.15, -0.1) is 11.8 Å². The number of rotatable bonds is 6. The molecular weight excluding hydrogens is 290 g/mol. The van der Waals surface area contributed by atoms with E-state index in [2.05, 4.69) is 0 Å². The van der Waals surface area contributed by atoms with Crippen LogP contribution in [0.4, 0.5) is 0 Å². The minimum atomic E-state index is -0.928. The average molecular weight is 309 g/mol. The van der Waals surface area contributed by atoms with Crippen LogP contribution < -0.4 is 4.74 Å². The normalized spacial score (nSPS) is 17.8. The Morgan fingerprint density at radius 1 is 1.43 bits per heavy atom. The van der Waals surface area contributed by atoms with Crippen molar-refractivity contribution in [1.29, 1.82) is 0 Å². The molecule has 6 heteroatoms. The largest absolute Gasteiger partial charge is 0.494 e. The molecule has 5 nitrogen and oxygen atoms in total. The van der Waals surface area contributed by atoms with Gasteiger partial charge in [-0.3, -0.25) is 4.79 Å². The molecule has 2 rings (SSSR count). The van der Waals surface area contributed by atoms with E-state index in [-0.39, 0.29) is 5.91 Å². The molecule has 1 N–H and O–H groups in total. The summed E-state index contributed by atoms with van der Waals surface area (Å²) in [4.78, 5) is 24.8. The monoisotopic (exact) mass is 309 g/mol. The van der Waals surface area contributed by atoms with Crippen LogP contribution in [0.2, 0.25) is 0 Å². The first-order chi connectivity index (χ1) is 10.1. The molecule has 0 bridgehead atoms. The molecule has 1 fully saturated rings. The predicted molar refractivity (Wildman–Crippen MR) is 81.5 cm³/mol. The highest BCUT2D eigenvalue weighted by molar-refractivity contribution is 7.99. The van der Waals surface area contributed by atoms with Gasteiger partial charge < -0.3 is 14.7 Å². The molecule has 0 radical (unpaired) electrons. The highest BCUT2D eigenvalue weighted by atomic mass is 32.2. The van der Waals surface area contributed by atoms with Crippen LogP contribution in [0.5, 0.6) is 5.75 Å². The van der Waals surface area contributed by atoms with Gasteiger partial charge in [0.1, 0.15) is 11.8 Å². The minimum absolute atomic E-state index is 0.112. The number of aryl methyl sites for hydroxylation is 1. The number of para-hydroxylation sites is 1. The van der Waals surface area contributed by atoms with Crippen LogP contribution >= 0.6 is 11.8 Å². The van der Waals surface area contributed by atoms with Crippen LogP contribution in [-0.2, 0) is 16.0 Å². The van der Waals surface area contributed by atoms with Crippen molar-refractivity contribution in [2.24, 2.45) is 0 Å². The molecule has 0 saturated carbocycles. The summed E-state index contributed by atoms with van der Waals surface area (Å²) < 4.78 is 5.53. The maximum absolute atomic E-state index is 12.2. The SMILES string of the molecule is CCOc1ccccc1CCC(=O)N1CSC[C@H]1C(=O)O. The zero-order valence-corrected chi connectivity index (χ0v) is 12.8. The Bertz CT molecular complexity index is 520. The van der Waals surface area contributed by atoms with E-state index < -0.39 is 12.0 Å². The van der Waals surface area contributed by atoms with Crippen molar-refractivity contribution in [1.82, 2.24) is 4.90 Å². The lowest BCUT2D eigenvalue weighted by Gasteiger charge is -2.20. The lowest BCUT2D eigenvalue weighted by Crippen LogP contribution is -2.41. The van der Waals surface area contributed by atoms with Gasteiger partial charge in [-0.05, 0) is 25.0 Å². The molecule has 1 saturated heterocycles. The Morgan fingerprint density at radius 3 is 2.90 bits per heavy atom. The van der Waals surface area contributed by atoms with Crippen molar-refractivity contribution in [3.8, 4) is 5.75 Å². The van der Waals surface area contributed by atoms with Gasteiger partial charge in [-0.1, -0.05) is 18.2 Å². The number of nitrogens with zero attached hydrogens (tertiary/aromatic N) is 1. The first-order valence-electron chi connectivity index (χ1n) is 6.94. The van der Waals surface area contributed by atoms with Crippen molar-refractivity contribution < 1.29 is 19.4 Å². The van der Waals surface area contributed by atoms with Gasteiger partial charge in [0.15, 0.2) is 0 Å². The molecule has 0 aromatic heterocycles. The molecule has 1 aliphatic rings. The molecule has 1 aromatic rings. The average Bonchev–Trinajstić information content (AvgIpc) is 2.96. The lowest BCUT2D eigenvalue weighted by molar-refractivity contribution is -0.147. The molecule has 1 aliphatic heterocycles. The fourth-order valence-electron chi connectivity index (χ4n) is 2.28. The van der Waals surface area contributed by atoms with Crippen molar-refractivity contribution in [2.75, 3.05) is 18.2 Å². The van der Waals surface area contributed by atoms with Gasteiger partial charge in [0.05, 0.1) is 12.5 Å². The maximum Gasteiger partial charge on any atom is 0.327 e. The fourth-order valence-corrected chi connectivity index (χ4v) is 3.46. The summed E-state index contributed by atoms with van der Waals surface area (Å²) in [5, 5.41) is 9.10. The molecule has 1 amide bonds. The topological polar surface area (TPSA) is 66.8 Å². The quantitative estimate of drug-likeness (QED) is 0.870. The van der Waals surface area contributed by atoms with Gasteiger partial charge in [-0.25, -0.2) is 4.79 Å². The number of aliphatic carboxylic acids is 1. The first-order valence-corrected chi connectivity index (χ1v) is 8.09. The highest BCUT2D eigenvalue weighted by Crippen LogP contribution is 2.24. The van der Waals surface area contributed by atoms with Crippen LogP contribution in [0, 0.1) is 0 Å². The number of ether oxygens (including phenoxy) is 1. The molecule has 1 aromatic carbocycles. The molecular formula is C15H19NO4S. The molecule has 1 atom stereocenters. The molecule has 0 spiro atoms. The number of benzene rings is 1. The number of carboxylic acids is 1. The van der Waals surface area contributed by atoms with Crippen molar-refractivity contribution in [3.05, 3.63) is 29.8 Å². The van der Waals surface area contributed by atoms with E-state index in [1.54, 1.807) is 0 Å². The van der Waals surface area contributed by atoms with Crippen LogP contribution in [0.15, 0.2) is 24.3 Å². The first kappa shape index (κ1) is 15.7. The van der Waals surface area contributed by atoms with Crippen molar-refractivity contribution >= 4 is 23.6 Å². The van der Waals surface area contributed by atoms with E-state index in [1.165, 1.54) is 16.7 Å². The standard InChI is InChI=1S/C15H19NO4S/c1-2-20-13-6-4-3-5-11(13)7-8-14(17)16-10-21-9-12(16)15(18)19/h3-6,12H,2,7-10H2,1H3,(H,18,19)/t12-/m0/s1. The second-order valence-corrected chi connectivity index (χ2v) is 5.76. The highest BCUT2D eigenvalue weighted by Gasteiger charge is 2.34. The maximum atomic E-state index is 12.2. The van der Waals surface area contributed by atoms with Crippen molar-refractivity contribution in [2.45, 2.75) is 25.8 Å². The van der Waals surface area contributed by atoms with Crippen LogP contribution in [0.3, 0.4) is 0 Å². The Balaban J connectivity index is 1.96. The minimum Gasteiger partial charge on any atom is -0.494 e. The van der Waals surface area contributed by atoms with Gasteiger partial charge in [0.2, 0.25) is 5.91 Å². The summed E-state index contributed by atoms with van der Waals surface area (Å²) in [6, 6.07) is 6.94. The summed E-state index contributed by atoms with van der Waals surface area (Å²) in [7, 11) is 0. The van der Waals surface area contributed by atoms with E-state index in [0.717, 1.165) is 11.3 Å². The number of carbonyl (C=O) groups is 2. The van der Waals surface area contributed by atoms with Crippen molar-refractivity contribution in [3.63, 3.8) is 0 Å². The number of carbonyl (C=O) groups excluding carboxylic acids is 1. The van der Waals surface area contributed by atoms with Gasteiger partial charge in [0, 0.05) is 12.2 Å². The van der Waals surface area contributed by atoms with E-state index in [1.807, 2.05) is 31.2 Å². The van der Waals surface area contributed by atoms with Crippen LogP contribution in [-0.4, -0.2) is 46.2 Å². The third kappa shape index (κ3) is 3.91. The summed E-state index contributed by atoms with van der Waals surface area (Å²) in [6.45, 7) is 2.50. The molecule has 21 heavy (non-hydrogen) atoms. The Labute approximate surface area is 128 Å². The lowest BCUT2D eigenvalue weighted by atomic mass is 10.1. The van der Waals surface area contributed by atoms with Gasteiger partial charge in [-0.2, -0.15) is 0 Å². The van der Waals surface area contributed by atoms with Crippen LogP contribution in [0.25, 0.3) is 0 Å². The van der Waals surface area contributed by atoms with E-state index in [9.17, 15) is 9.59 Å². The molecule has 1 heterocycles. The second-order valence-electron chi connectivity index (χ2n) is 4.76. The zero-order chi connectivity index (χ0) is 15.2. The predicted octanol–water partition coefficient (Wildman–Crippen LogP) is 2.00. The molecule has 114 valence electrons. The Morgan fingerprint density at radius 2 is 2.19 bits per heavy atom. The zero-order valence-electron chi connectivity index (χ0n) is 11.9. The van der Waals surface area contributed by atoms with Crippen LogP contribution in [0.1, 0.15) is 18.9 Å². The van der Waals surface area contributed by atoms with E-state index in [4.69, 9.17) is 9.84 Å². The molecule has 0 unspecified atom stereocenters. The number of amides is 1. The Hall–Kier alpha value is -1.69. The Kier molecular flexibility index (Phi) is 5.50. The summed E-state index contributed by atoms with van der Waals surface area (Å²) >= 11 is 1.48. The molecule has 0 aliphatic carbocycles. The number of carboxylic acid groups (broad SMARTS) is 1. The summed E-state index contributed by atoms with van der Waals surface area (Å²) in [5.41, 5.74) is 0.978. The number of hydrogen-bond donors (Lipinski definition) is 1. The second kappa shape index (κ2) is 7.36. The third-order valence-corrected chi connectivity index (χ3v) is 4.38. The van der Waals surface area contributed by atoms with E-state index >= 15 is 0 Å². The number of hydrogen-bond acceptors (Lipinski definition) is 4. The van der Waals surface area contributed by atoms with Gasteiger partial charge >= 0.3 is 5.97 Å². The van der Waals surface area contributed by atoms with E-state index in [0.29, 0.717) is 31.1 Å². The fraction of sp³-hybridized carbons (Fsp3) is 0.467. The third-order valence-electron chi connectivity index (χ3n) is 3.37. The smallest absolute Gasteiger partial charge is 0.327 e. The van der Waals surface area contributed by atoms with Gasteiger partial charge in [0.25, 0.3) is 0 Å².